The highest BCUT2D eigenvalue weighted by Gasteiger charge is 2.16. The minimum Gasteiger partial charge on any atom is -0.467 e. The number of ether oxygens (including phenoxy) is 1. The molecule has 0 aliphatic heterocycles. The number of benzene rings is 2. The number of carbonyl (C=O) groups excluding carboxylic acids is 2. The van der Waals surface area contributed by atoms with Gasteiger partial charge in [0.15, 0.2) is 5.16 Å². The monoisotopic (exact) mass is 449 g/mol. The Morgan fingerprint density at radius 1 is 1.09 bits per heavy atom. The highest BCUT2D eigenvalue weighted by atomic mass is 32.2. The van der Waals surface area contributed by atoms with Gasteiger partial charge in [0.25, 0.3) is 5.56 Å². The van der Waals surface area contributed by atoms with E-state index < -0.39 is 5.97 Å². The van der Waals surface area contributed by atoms with Crippen molar-refractivity contribution in [2.45, 2.75) is 11.7 Å². The largest absolute Gasteiger partial charge is 0.467 e. The number of amides is 1. The molecule has 1 amide bonds. The number of nitrogens with one attached hydrogen (secondary N) is 1. The summed E-state index contributed by atoms with van der Waals surface area (Å²) >= 11 is 1.13. The lowest BCUT2D eigenvalue weighted by Gasteiger charge is -2.13. The molecule has 162 valence electrons. The lowest BCUT2D eigenvalue weighted by atomic mass is 10.2. The predicted octanol–water partition coefficient (Wildman–Crippen LogP) is 3.56. The topological polar surface area (TPSA) is 103 Å². The zero-order chi connectivity index (χ0) is 22.5. The molecule has 0 radical (unpaired) electrons. The third-order valence-corrected chi connectivity index (χ3v) is 5.64. The molecule has 2 aromatic heterocycles. The Kier molecular flexibility index (Phi) is 6.37. The Bertz CT molecular complexity index is 1330. The number of hydrogen-bond acceptors (Lipinski definition) is 7. The first-order valence-corrected chi connectivity index (χ1v) is 10.7. The van der Waals surface area contributed by atoms with Crippen LogP contribution in [0.5, 0.6) is 0 Å². The molecule has 2 heterocycles. The van der Waals surface area contributed by atoms with Crippen LogP contribution in [0, 0.1) is 0 Å². The molecule has 32 heavy (non-hydrogen) atoms. The third kappa shape index (κ3) is 4.57. The summed E-state index contributed by atoms with van der Waals surface area (Å²) in [5, 5.41) is 3.59. The maximum Gasteiger partial charge on any atom is 0.339 e. The molecule has 1 N–H and O–H groups in total. The van der Waals surface area contributed by atoms with Crippen LogP contribution in [0.2, 0.25) is 0 Å². The predicted molar refractivity (Wildman–Crippen MR) is 121 cm³/mol. The van der Waals surface area contributed by atoms with Gasteiger partial charge in [0.1, 0.15) is 5.76 Å². The van der Waals surface area contributed by atoms with Crippen molar-refractivity contribution in [2.24, 2.45) is 0 Å². The van der Waals surface area contributed by atoms with Crippen LogP contribution in [0.25, 0.3) is 10.9 Å². The van der Waals surface area contributed by atoms with E-state index in [1.54, 1.807) is 60.7 Å². The SMILES string of the molecule is COC(=O)c1ccccc1NC(=O)CSc1nc2ccccc2c(=O)n1Cc1ccco1. The number of methoxy groups -OCH3 is 1. The van der Waals surface area contributed by atoms with Crippen molar-refractivity contribution < 1.29 is 18.7 Å². The second-order valence-corrected chi connectivity index (χ2v) is 7.70. The number of aromatic nitrogens is 2. The van der Waals surface area contributed by atoms with Crippen molar-refractivity contribution >= 4 is 40.2 Å². The molecular formula is C23H19N3O5S. The van der Waals surface area contributed by atoms with Crippen LogP contribution < -0.4 is 10.9 Å². The van der Waals surface area contributed by atoms with Crippen LogP contribution in [-0.2, 0) is 16.1 Å². The van der Waals surface area contributed by atoms with E-state index in [1.807, 2.05) is 0 Å². The molecule has 8 nitrogen and oxygen atoms in total. The molecule has 0 atom stereocenters. The van der Waals surface area contributed by atoms with Crippen LogP contribution in [0.1, 0.15) is 16.1 Å². The zero-order valence-corrected chi connectivity index (χ0v) is 17.9. The summed E-state index contributed by atoms with van der Waals surface area (Å²) in [4.78, 5) is 42.2. The van der Waals surface area contributed by atoms with Gasteiger partial charge in [-0.2, -0.15) is 0 Å². The fourth-order valence-electron chi connectivity index (χ4n) is 3.15. The van der Waals surface area contributed by atoms with Crippen LogP contribution in [0.15, 0.2) is 81.3 Å². The Balaban J connectivity index is 1.58. The van der Waals surface area contributed by atoms with Crippen LogP contribution in [-0.4, -0.2) is 34.3 Å². The van der Waals surface area contributed by atoms with Crippen molar-refractivity contribution in [3.05, 3.63) is 88.6 Å². The van der Waals surface area contributed by atoms with E-state index in [-0.39, 0.29) is 29.3 Å². The zero-order valence-electron chi connectivity index (χ0n) is 17.1. The molecule has 0 bridgehead atoms. The van der Waals surface area contributed by atoms with Crippen molar-refractivity contribution in [2.75, 3.05) is 18.2 Å². The molecular weight excluding hydrogens is 430 g/mol. The lowest BCUT2D eigenvalue weighted by Crippen LogP contribution is -2.25. The van der Waals surface area contributed by atoms with Crippen molar-refractivity contribution in [1.29, 1.82) is 0 Å². The molecule has 4 aromatic rings. The van der Waals surface area contributed by atoms with Crippen LogP contribution >= 0.6 is 11.8 Å². The fourth-order valence-corrected chi connectivity index (χ4v) is 3.95. The van der Waals surface area contributed by atoms with Gasteiger partial charge in [0, 0.05) is 0 Å². The van der Waals surface area contributed by atoms with Gasteiger partial charge >= 0.3 is 5.97 Å². The van der Waals surface area contributed by atoms with Gasteiger partial charge in [-0.3, -0.25) is 14.2 Å². The fraction of sp³-hybridized carbons (Fsp3) is 0.130. The van der Waals surface area contributed by atoms with Crippen molar-refractivity contribution in [1.82, 2.24) is 9.55 Å². The second kappa shape index (κ2) is 9.52. The normalized spacial score (nSPS) is 10.8. The van der Waals surface area contributed by atoms with E-state index in [9.17, 15) is 14.4 Å². The van der Waals surface area contributed by atoms with Gasteiger partial charge in [-0.1, -0.05) is 36.0 Å². The quantitative estimate of drug-likeness (QED) is 0.261. The average Bonchev–Trinajstić information content (AvgIpc) is 3.33. The Morgan fingerprint density at radius 2 is 1.88 bits per heavy atom. The highest BCUT2D eigenvalue weighted by Crippen LogP contribution is 2.21. The van der Waals surface area contributed by atoms with Crippen LogP contribution in [0.4, 0.5) is 5.69 Å². The average molecular weight is 449 g/mol. The molecule has 0 saturated heterocycles. The summed E-state index contributed by atoms with van der Waals surface area (Å²) < 4.78 is 11.6. The Labute approximate surface area is 187 Å². The number of anilines is 1. The van der Waals surface area contributed by atoms with Gasteiger partial charge in [0.2, 0.25) is 5.91 Å². The number of hydrogen-bond donors (Lipinski definition) is 1. The molecule has 0 fully saturated rings. The van der Waals surface area contributed by atoms with E-state index in [2.05, 4.69) is 10.3 Å². The number of fused-ring (bicyclic) bond motifs is 1. The molecule has 2 aromatic carbocycles. The van der Waals surface area contributed by atoms with E-state index in [0.717, 1.165) is 11.8 Å². The Morgan fingerprint density at radius 3 is 2.66 bits per heavy atom. The first-order chi connectivity index (χ1) is 15.6. The molecule has 0 unspecified atom stereocenters. The number of rotatable bonds is 7. The van der Waals surface area contributed by atoms with Crippen molar-refractivity contribution in [3.63, 3.8) is 0 Å². The molecule has 0 spiro atoms. The second-order valence-electron chi connectivity index (χ2n) is 6.76. The van der Waals surface area contributed by atoms with Gasteiger partial charge < -0.3 is 14.5 Å². The Hall–Kier alpha value is -3.85. The molecule has 0 aliphatic carbocycles. The lowest BCUT2D eigenvalue weighted by molar-refractivity contribution is -0.113. The number of nitrogens with zero attached hydrogens (tertiary/aromatic N) is 2. The van der Waals surface area contributed by atoms with E-state index in [1.165, 1.54) is 17.9 Å². The van der Waals surface area contributed by atoms with Gasteiger partial charge in [-0.25, -0.2) is 9.78 Å². The maximum atomic E-state index is 13.1. The highest BCUT2D eigenvalue weighted by molar-refractivity contribution is 7.99. The summed E-state index contributed by atoms with van der Waals surface area (Å²) in [6.07, 6.45) is 1.54. The summed E-state index contributed by atoms with van der Waals surface area (Å²) in [6.45, 7) is 0.193. The van der Waals surface area contributed by atoms with Gasteiger partial charge in [0.05, 0.1) is 47.8 Å². The summed E-state index contributed by atoms with van der Waals surface area (Å²) in [6, 6.07) is 17.2. The van der Waals surface area contributed by atoms with E-state index in [0.29, 0.717) is 27.5 Å². The molecule has 9 heteroatoms. The van der Waals surface area contributed by atoms with Crippen molar-refractivity contribution in [3.8, 4) is 0 Å². The number of para-hydroxylation sites is 2. The maximum absolute atomic E-state index is 13.1. The van der Waals surface area contributed by atoms with Crippen LogP contribution in [0.3, 0.4) is 0 Å². The first kappa shape index (κ1) is 21.4. The van der Waals surface area contributed by atoms with Gasteiger partial charge in [-0.15, -0.1) is 0 Å². The molecule has 0 saturated carbocycles. The smallest absolute Gasteiger partial charge is 0.339 e. The molecule has 4 rings (SSSR count). The number of thioether (sulfide) groups is 1. The number of furan rings is 1. The van der Waals surface area contributed by atoms with E-state index >= 15 is 0 Å². The first-order valence-electron chi connectivity index (χ1n) is 9.69. The third-order valence-electron chi connectivity index (χ3n) is 4.66. The standard InChI is InChI=1S/C23H19N3O5S/c1-30-22(29)17-9-3-5-11-19(17)24-20(27)14-32-23-25-18-10-4-2-8-16(18)21(28)26(23)13-15-7-6-12-31-15/h2-12H,13-14H2,1H3,(H,24,27). The summed E-state index contributed by atoms with van der Waals surface area (Å²) in [5.74, 6) is -0.309. The molecule has 0 aliphatic rings. The minimum atomic E-state index is -0.544. The summed E-state index contributed by atoms with van der Waals surface area (Å²) in [5.41, 5.74) is 0.939. The number of carbonyl (C=O) groups is 2. The van der Waals surface area contributed by atoms with E-state index in [4.69, 9.17) is 9.15 Å². The van der Waals surface area contributed by atoms with Gasteiger partial charge in [-0.05, 0) is 36.4 Å². The summed E-state index contributed by atoms with van der Waals surface area (Å²) in [7, 11) is 1.28. The minimum absolute atomic E-state index is 0.0154. The number of esters is 1.